The first-order chi connectivity index (χ1) is 10.2. The fraction of sp³-hybridized carbons (Fsp3) is 0.600. The first-order valence-electron chi connectivity index (χ1n) is 7.51. The van der Waals surface area contributed by atoms with E-state index in [0.29, 0.717) is 12.0 Å². The van der Waals surface area contributed by atoms with Crippen molar-refractivity contribution in [3.63, 3.8) is 0 Å². The van der Waals surface area contributed by atoms with Gasteiger partial charge in [0.2, 0.25) is 5.95 Å². The summed E-state index contributed by atoms with van der Waals surface area (Å²) in [6, 6.07) is 2.78. The Morgan fingerprint density at radius 2 is 2.24 bits per heavy atom. The number of aryl methyl sites for hydroxylation is 1. The summed E-state index contributed by atoms with van der Waals surface area (Å²) in [5.74, 6) is 1.70. The van der Waals surface area contributed by atoms with Gasteiger partial charge in [-0.25, -0.2) is 4.98 Å². The number of anilines is 2. The largest absolute Gasteiger partial charge is 0.367 e. The predicted octanol–water partition coefficient (Wildman–Crippen LogP) is 3.99. The fourth-order valence-corrected chi connectivity index (χ4v) is 4.61. The monoisotopic (exact) mass is 322 g/mol. The highest BCUT2D eigenvalue weighted by Gasteiger charge is 2.25. The molecule has 3 rings (SSSR count). The molecular formula is C15H22N4S2. The molecule has 1 fully saturated rings. The highest BCUT2D eigenvalue weighted by molar-refractivity contribution is 7.99. The van der Waals surface area contributed by atoms with Gasteiger partial charge in [0.15, 0.2) is 0 Å². The Balaban J connectivity index is 1.90. The van der Waals surface area contributed by atoms with Gasteiger partial charge >= 0.3 is 0 Å². The van der Waals surface area contributed by atoms with E-state index in [2.05, 4.69) is 39.8 Å². The fourth-order valence-electron chi connectivity index (χ4n) is 2.85. The molecule has 114 valence electrons. The molecular weight excluding hydrogens is 300 g/mol. The van der Waals surface area contributed by atoms with E-state index in [1.807, 2.05) is 18.8 Å². The van der Waals surface area contributed by atoms with Crippen LogP contribution in [0.1, 0.15) is 31.1 Å². The number of thiophene rings is 1. The maximum atomic E-state index is 4.65. The van der Waals surface area contributed by atoms with Crippen molar-refractivity contribution >= 4 is 45.1 Å². The molecule has 0 aromatic carbocycles. The Bertz CT molecular complexity index is 625. The van der Waals surface area contributed by atoms with Crippen LogP contribution in [0.5, 0.6) is 0 Å². The minimum Gasteiger partial charge on any atom is -0.367 e. The molecule has 2 N–H and O–H groups in total. The van der Waals surface area contributed by atoms with E-state index in [9.17, 15) is 0 Å². The van der Waals surface area contributed by atoms with Crippen molar-refractivity contribution in [2.75, 3.05) is 23.9 Å². The number of hydrogen-bond donors (Lipinski definition) is 2. The zero-order valence-corrected chi connectivity index (χ0v) is 14.4. The summed E-state index contributed by atoms with van der Waals surface area (Å²) >= 11 is 3.75. The van der Waals surface area contributed by atoms with Gasteiger partial charge < -0.3 is 10.6 Å². The number of rotatable bonds is 5. The summed E-state index contributed by atoms with van der Waals surface area (Å²) in [7, 11) is 1.87. The highest BCUT2D eigenvalue weighted by Crippen LogP contribution is 2.34. The molecule has 0 bridgehead atoms. The zero-order chi connectivity index (χ0) is 14.8. The van der Waals surface area contributed by atoms with Crippen LogP contribution in [0.15, 0.2) is 6.07 Å². The van der Waals surface area contributed by atoms with Crippen LogP contribution in [0.2, 0.25) is 0 Å². The first-order valence-corrected chi connectivity index (χ1v) is 9.61. The van der Waals surface area contributed by atoms with Crippen molar-refractivity contribution in [1.29, 1.82) is 0 Å². The molecule has 21 heavy (non-hydrogen) atoms. The van der Waals surface area contributed by atoms with E-state index < -0.39 is 0 Å². The van der Waals surface area contributed by atoms with E-state index >= 15 is 0 Å². The van der Waals surface area contributed by atoms with Crippen molar-refractivity contribution < 1.29 is 0 Å². The third-order valence-electron chi connectivity index (χ3n) is 4.07. The summed E-state index contributed by atoms with van der Waals surface area (Å²) < 4.78 is 0. The van der Waals surface area contributed by atoms with Crippen LogP contribution in [0.4, 0.5) is 11.8 Å². The smallest absolute Gasteiger partial charge is 0.225 e. The number of thioether (sulfide) groups is 1. The van der Waals surface area contributed by atoms with Crippen LogP contribution in [0, 0.1) is 0 Å². The zero-order valence-electron chi connectivity index (χ0n) is 12.8. The van der Waals surface area contributed by atoms with Gasteiger partial charge in [0.1, 0.15) is 10.6 Å². The molecule has 0 amide bonds. The summed E-state index contributed by atoms with van der Waals surface area (Å²) in [5.41, 5.74) is 0. The number of nitrogens with one attached hydrogen (secondary N) is 2. The van der Waals surface area contributed by atoms with E-state index in [4.69, 9.17) is 0 Å². The summed E-state index contributed by atoms with van der Waals surface area (Å²) in [5, 5.41) is 8.69. The lowest BCUT2D eigenvalue weighted by atomic mass is 10.2. The van der Waals surface area contributed by atoms with Crippen molar-refractivity contribution in [1.82, 2.24) is 9.97 Å². The third-order valence-corrected chi connectivity index (χ3v) is 6.34. The number of hydrogen-bond acceptors (Lipinski definition) is 6. The van der Waals surface area contributed by atoms with E-state index in [-0.39, 0.29) is 0 Å². The lowest BCUT2D eigenvalue weighted by Gasteiger charge is -2.15. The molecule has 4 nitrogen and oxygen atoms in total. The van der Waals surface area contributed by atoms with Gasteiger partial charge in [-0.15, -0.1) is 11.3 Å². The van der Waals surface area contributed by atoms with Gasteiger partial charge in [0, 0.05) is 23.2 Å². The molecule has 1 saturated carbocycles. The van der Waals surface area contributed by atoms with Crippen LogP contribution >= 0.6 is 23.1 Å². The van der Waals surface area contributed by atoms with Crippen molar-refractivity contribution in [3.05, 3.63) is 10.9 Å². The Kier molecular flexibility index (Phi) is 4.54. The van der Waals surface area contributed by atoms with Crippen LogP contribution in [-0.4, -0.2) is 34.6 Å². The van der Waals surface area contributed by atoms with Gasteiger partial charge in [-0.1, -0.05) is 6.92 Å². The second-order valence-electron chi connectivity index (χ2n) is 5.44. The minimum atomic E-state index is 0.537. The molecule has 0 saturated heterocycles. The molecule has 2 atom stereocenters. The van der Waals surface area contributed by atoms with E-state index in [0.717, 1.165) is 22.3 Å². The van der Waals surface area contributed by atoms with E-state index in [1.54, 1.807) is 11.3 Å². The second-order valence-corrected chi connectivity index (χ2v) is 7.70. The van der Waals surface area contributed by atoms with Gasteiger partial charge in [-0.2, -0.15) is 16.7 Å². The second kappa shape index (κ2) is 6.40. The number of nitrogens with zero attached hydrogens (tertiary/aromatic N) is 2. The molecule has 1 aliphatic rings. The molecule has 1 aliphatic carbocycles. The molecule has 0 radical (unpaired) electrons. The molecule has 2 heterocycles. The Labute approximate surface area is 134 Å². The minimum absolute atomic E-state index is 0.537. The molecule has 6 heteroatoms. The molecule has 2 aromatic rings. The van der Waals surface area contributed by atoms with Crippen LogP contribution < -0.4 is 10.6 Å². The quantitative estimate of drug-likeness (QED) is 0.871. The van der Waals surface area contributed by atoms with Gasteiger partial charge in [-0.3, -0.25) is 0 Å². The number of aromatic nitrogens is 2. The summed E-state index contributed by atoms with van der Waals surface area (Å²) in [6.45, 7) is 2.18. The lowest BCUT2D eigenvalue weighted by Crippen LogP contribution is -2.17. The van der Waals surface area contributed by atoms with Crippen molar-refractivity contribution in [2.45, 2.75) is 43.9 Å². The molecule has 2 aromatic heterocycles. The lowest BCUT2D eigenvalue weighted by molar-refractivity contribution is 0.753. The number of fused-ring (bicyclic) bond motifs is 1. The summed E-state index contributed by atoms with van der Waals surface area (Å²) in [6.07, 6.45) is 7.02. The van der Waals surface area contributed by atoms with Crippen LogP contribution in [0.25, 0.3) is 10.2 Å². The average molecular weight is 323 g/mol. The highest BCUT2D eigenvalue weighted by atomic mass is 32.2. The topological polar surface area (TPSA) is 49.8 Å². The maximum Gasteiger partial charge on any atom is 0.225 e. The van der Waals surface area contributed by atoms with Gasteiger partial charge in [-0.05, 0) is 38.0 Å². The van der Waals surface area contributed by atoms with Crippen molar-refractivity contribution in [3.8, 4) is 0 Å². The molecule has 0 aliphatic heterocycles. The average Bonchev–Trinajstić information content (AvgIpc) is 3.12. The van der Waals surface area contributed by atoms with Crippen molar-refractivity contribution in [2.24, 2.45) is 0 Å². The predicted molar refractivity (Wildman–Crippen MR) is 94.9 cm³/mol. The summed E-state index contributed by atoms with van der Waals surface area (Å²) in [4.78, 5) is 11.7. The Morgan fingerprint density at radius 1 is 1.38 bits per heavy atom. The molecule has 2 unspecified atom stereocenters. The van der Waals surface area contributed by atoms with Gasteiger partial charge in [0.05, 0.1) is 5.39 Å². The maximum absolute atomic E-state index is 4.65. The molecule has 0 spiro atoms. The van der Waals surface area contributed by atoms with E-state index in [1.165, 1.54) is 29.5 Å². The third kappa shape index (κ3) is 3.11. The first kappa shape index (κ1) is 14.9. The Hall–Kier alpha value is -1.01. The Morgan fingerprint density at radius 3 is 2.90 bits per heavy atom. The van der Waals surface area contributed by atoms with Crippen LogP contribution in [0.3, 0.4) is 0 Å². The van der Waals surface area contributed by atoms with Gasteiger partial charge in [0.25, 0.3) is 0 Å². The normalized spacial score (nSPS) is 21.9. The standard InChI is InChI=1S/C15H22N4S2/c1-4-10-8-12-13(17-9-5-6-11(7-9)20-3)18-15(16-2)19-14(12)21-10/h8-9,11H,4-7H2,1-3H3,(H2,16,17,18,19). The van der Waals surface area contributed by atoms with Crippen LogP contribution in [-0.2, 0) is 6.42 Å². The SMILES string of the molecule is CCc1cc2c(NC3CCC(SC)C3)nc(NC)nc2s1.